The van der Waals surface area contributed by atoms with Crippen LogP contribution >= 0.6 is 0 Å². The van der Waals surface area contributed by atoms with Crippen LogP contribution in [-0.2, 0) is 20.7 Å². The summed E-state index contributed by atoms with van der Waals surface area (Å²) >= 11 is 0. The highest BCUT2D eigenvalue weighted by Crippen LogP contribution is 2.65. The molecule has 0 aromatic heterocycles. The number of carbonyl (C=O) groups excluding carboxylic acids is 2. The van der Waals surface area contributed by atoms with Gasteiger partial charge in [0.1, 0.15) is 5.78 Å². The Hall–Kier alpha value is -1.94. The fourth-order valence-electron chi connectivity index (χ4n) is 12.1. The highest BCUT2D eigenvalue weighted by Gasteiger charge is 2.60. The summed E-state index contributed by atoms with van der Waals surface area (Å²) in [6, 6.07) is 10.3. The maximum absolute atomic E-state index is 12.7. The maximum Gasteiger partial charge on any atom is 0.220 e. The quantitative estimate of drug-likeness (QED) is 0.334. The monoisotopic (exact) mass is 599 g/mol. The Labute approximate surface area is 266 Å². The molecule has 4 heteroatoms. The number of rotatable bonds is 6. The van der Waals surface area contributed by atoms with Crippen molar-refractivity contribution in [1.29, 1.82) is 0 Å². The van der Waals surface area contributed by atoms with Crippen molar-refractivity contribution in [3.63, 3.8) is 0 Å². The number of carbonyl (C=O) groups is 2. The van der Waals surface area contributed by atoms with Crippen molar-refractivity contribution < 1.29 is 14.3 Å². The second-order valence-electron chi connectivity index (χ2n) is 16.7. The van der Waals surface area contributed by atoms with E-state index in [2.05, 4.69) is 45.1 Å². The van der Waals surface area contributed by atoms with E-state index in [4.69, 9.17) is 4.74 Å². The zero-order chi connectivity index (χ0) is 30.6. The lowest BCUT2D eigenvalue weighted by Crippen LogP contribution is -2.46. The van der Waals surface area contributed by atoms with Gasteiger partial charge in [-0.15, -0.1) is 0 Å². The Morgan fingerprint density at radius 3 is 2.68 bits per heavy atom. The first-order valence-corrected chi connectivity index (χ1v) is 18.4. The number of benzene rings is 1. The molecule has 0 bridgehead atoms. The molecule has 1 N–H and O–H groups in total. The number of aryl methyl sites for hydroxylation is 1. The SMILES string of the molecule is CC1=C2C[C@H]3[C@@H](CC[C@@H]4CC(=O)CC[C@@]43C)[C@@H]2CC[C@@]2(C1)O[C@@H]1C[C@H](C)CC(CCNC(=O)CCc3ccccc3)[C@H]1[C@H]2C. The molecule has 240 valence electrons. The van der Waals surface area contributed by atoms with Crippen LogP contribution in [0.4, 0.5) is 0 Å². The van der Waals surface area contributed by atoms with E-state index in [1.165, 1.54) is 50.5 Å². The summed E-state index contributed by atoms with van der Waals surface area (Å²) < 4.78 is 7.33. The smallest absolute Gasteiger partial charge is 0.220 e. The lowest BCUT2D eigenvalue weighted by Gasteiger charge is -2.52. The van der Waals surface area contributed by atoms with Crippen LogP contribution in [0.2, 0.25) is 0 Å². The largest absolute Gasteiger partial charge is 0.371 e. The molecule has 11 atom stereocenters. The fraction of sp³-hybridized carbons (Fsp3) is 0.750. The Bertz CT molecular complexity index is 1270. The first kappa shape index (κ1) is 30.7. The van der Waals surface area contributed by atoms with E-state index in [-0.39, 0.29) is 11.5 Å². The third kappa shape index (κ3) is 5.43. The number of hydrogen-bond acceptors (Lipinski definition) is 3. The molecule has 6 aliphatic rings. The van der Waals surface area contributed by atoms with E-state index in [9.17, 15) is 9.59 Å². The van der Waals surface area contributed by atoms with Gasteiger partial charge < -0.3 is 10.1 Å². The van der Waals surface area contributed by atoms with Gasteiger partial charge in [0, 0.05) is 25.8 Å². The molecule has 1 spiro atoms. The number of fused-ring (bicyclic) bond motifs is 6. The molecule has 1 aromatic rings. The average molecular weight is 600 g/mol. The highest BCUT2D eigenvalue weighted by atomic mass is 16.5. The van der Waals surface area contributed by atoms with Crippen molar-refractivity contribution in [2.24, 2.45) is 52.8 Å². The first-order chi connectivity index (χ1) is 21.2. The van der Waals surface area contributed by atoms with Crippen molar-refractivity contribution in [3.05, 3.63) is 47.0 Å². The molecule has 1 aliphatic heterocycles. The van der Waals surface area contributed by atoms with Crippen molar-refractivity contribution in [2.45, 2.75) is 129 Å². The first-order valence-electron chi connectivity index (χ1n) is 18.4. The van der Waals surface area contributed by atoms with Gasteiger partial charge in [-0.25, -0.2) is 0 Å². The van der Waals surface area contributed by atoms with Gasteiger partial charge in [0.05, 0.1) is 11.7 Å². The summed E-state index contributed by atoms with van der Waals surface area (Å²) in [5, 5.41) is 3.27. The number of ketones is 1. The minimum Gasteiger partial charge on any atom is -0.371 e. The minimum atomic E-state index is -0.0220. The third-order valence-electron chi connectivity index (χ3n) is 14.4. The molecule has 4 nitrogen and oxygen atoms in total. The van der Waals surface area contributed by atoms with Gasteiger partial charge in [0.15, 0.2) is 0 Å². The zero-order valence-corrected chi connectivity index (χ0v) is 27.9. The summed E-state index contributed by atoms with van der Waals surface area (Å²) in [6.07, 6.45) is 15.5. The highest BCUT2D eigenvalue weighted by molar-refractivity contribution is 5.79. The molecule has 5 aliphatic carbocycles. The van der Waals surface area contributed by atoms with Crippen LogP contribution < -0.4 is 5.32 Å². The summed E-state index contributed by atoms with van der Waals surface area (Å²) in [5.41, 5.74) is 5.01. The Kier molecular flexibility index (Phi) is 8.38. The van der Waals surface area contributed by atoms with Crippen LogP contribution in [0, 0.1) is 52.8 Å². The molecular weight excluding hydrogens is 542 g/mol. The third-order valence-corrected chi connectivity index (χ3v) is 14.4. The Balaban J connectivity index is 1.02. The average Bonchev–Trinajstić information content (AvgIpc) is 3.47. The fourth-order valence-corrected chi connectivity index (χ4v) is 12.1. The van der Waals surface area contributed by atoms with Crippen LogP contribution in [0.3, 0.4) is 0 Å². The van der Waals surface area contributed by atoms with E-state index in [0.29, 0.717) is 53.3 Å². The van der Waals surface area contributed by atoms with E-state index >= 15 is 0 Å². The summed E-state index contributed by atoms with van der Waals surface area (Å²) in [7, 11) is 0. The van der Waals surface area contributed by atoms with E-state index in [0.717, 1.165) is 62.8 Å². The predicted molar refractivity (Wildman–Crippen MR) is 176 cm³/mol. The minimum absolute atomic E-state index is 0.0220. The molecule has 1 saturated heterocycles. The number of Topliss-reactive ketones (excluding diaryl/α,β-unsaturated/α-hetero) is 1. The second kappa shape index (κ2) is 12.0. The van der Waals surface area contributed by atoms with Crippen LogP contribution in [0.1, 0.15) is 117 Å². The van der Waals surface area contributed by atoms with Gasteiger partial charge in [-0.1, -0.05) is 62.2 Å². The topological polar surface area (TPSA) is 55.4 Å². The number of ether oxygens (including phenoxy) is 1. The van der Waals surface area contributed by atoms with E-state index < -0.39 is 0 Å². The molecule has 1 amide bonds. The van der Waals surface area contributed by atoms with Gasteiger partial charge in [-0.2, -0.15) is 0 Å². The molecule has 4 saturated carbocycles. The van der Waals surface area contributed by atoms with Gasteiger partial charge in [-0.3, -0.25) is 9.59 Å². The second-order valence-corrected chi connectivity index (χ2v) is 16.7. The number of hydrogen-bond donors (Lipinski definition) is 1. The van der Waals surface area contributed by atoms with Crippen LogP contribution in [-0.4, -0.2) is 29.9 Å². The summed E-state index contributed by atoms with van der Waals surface area (Å²) in [5.74, 6) is 6.09. The van der Waals surface area contributed by atoms with Gasteiger partial charge >= 0.3 is 0 Å². The molecule has 1 heterocycles. The molecular formula is C40H57NO3. The Morgan fingerprint density at radius 1 is 1.05 bits per heavy atom. The molecule has 5 fully saturated rings. The molecule has 0 radical (unpaired) electrons. The predicted octanol–water partition coefficient (Wildman–Crippen LogP) is 8.48. The number of nitrogens with one attached hydrogen (secondary N) is 1. The summed E-state index contributed by atoms with van der Waals surface area (Å²) in [4.78, 5) is 25.0. The standard InChI is InChI=1S/C40H57NO3/c1-25-20-29(16-19-41-37(43)13-10-28-8-6-5-7-9-28)38-27(3)40(44-36(38)21-25)18-15-32-33-12-11-30-22-31(42)14-17-39(30,4)35(33)23-34(32)26(2)24-40/h5-9,25,27,29-30,32-33,35-36,38H,10-24H2,1-4H3,(H,41,43)/t25-,27-,29?,30-,32+,33+,35+,36-,38-,39+,40+/m1/s1. The van der Waals surface area contributed by atoms with E-state index in [1.54, 1.807) is 11.1 Å². The van der Waals surface area contributed by atoms with Gasteiger partial charge in [0.25, 0.3) is 0 Å². The van der Waals surface area contributed by atoms with Crippen LogP contribution in [0.15, 0.2) is 41.5 Å². The molecule has 7 rings (SSSR count). The summed E-state index contributed by atoms with van der Waals surface area (Å²) in [6.45, 7) is 10.7. The molecule has 1 aromatic carbocycles. The lowest BCUT2D eigenvalue weighted by molar-refractivity contribution is -0.130. The molecule has 44 heavy (non-hydrogen) atoms. The van der Waals surface area contributed by atoms with Crippen LogP contribution in [0.5, 0.6) is 0 Å². The number of allylic oxidation sites excluding steroid dienone is 1. The number of amides is 1. The maximum atomic E-state index is 12.7. The van der Waals surface area contributed by atoms with E-state index in [1.807, 2.05) is 18.2 Å². The Morgan fingerprint density at radius 2 is 1.86 bits per heavy atom. The van der Waals surface area contributed by atoms with Gasteiger partial charge in [-0.05, 0) is 136 Å². The van der Waals surface area contributed by atoms with Gasteiger partial charge in [0.2, 0.25) is 5.91 Å². The lowest BCUT2D eigenvalue weighted by atomic mass is 9.52. The van der Waals surface area contributed by atoms with Crippen molar-refractivity contribution in [1.82, 2.24) is 5.32 Å². The molecule has 1 unspecified atom stereocenters. The zero-order valence-electron chi connectivity index (χ0n) is 27.9. The van der Waals surface area contributed by atoms with Crippen molar-refractivity contribution in [3.8, 4) is 0 Å². The normalized spacial score (nSPS) is 43.2. The van der Waals surface area contributed by atoms with Crippen LogP contribution in [0.25, 0.3) is 0 Å². The van der Waals surface area contributed by atoms with Crippen molar-refractivity contribution >= 4 is 11.7 Å². The van der Waals surface area contributed by atoms with Crippen molar-refractivity contribution in [2.75, 3.05) is 6.54 Å².